The molecule has 0 spiro atoms. The second kappa shape index (κ2) is 5.66. The molecule has 0 saturated carbocycles. The second-order valence-corrected chi connectivity index (χ2v) is 4.46. The van der Waals surface area contributed by atoms with Gasteiger partial charge < -0.3 is 5.32 Å². The minimum absolute atomic E-state index is 0.00603. The van der Waals surface area contributed by atoms with Gasteiger partial charge in [0.1, 0.15) is 11.4 Å². The van der Waals surface area contributed by atoms with Gasteiger partial charge in [-0.2, -0.15) is 5.10 Å². The maximum absolute atomic E-state index is 13.5. The van der Waals surface area contributed by atoms with E-state index in [2.05, 4.69) is 5.10 Å². The summed E-state index contributed by atoms with van der Waals surface area (Å²) in [6.45, 7) is 1.30. The number of aryl methyl sites for hydroxylation is 1. The van der Waals surface area contributed by atoms with Crippen LogP contribution in [-0.2, 0) is 7.05 Å². The van der Waals surface area contributed by atoms with E-state index in [4.69, 9.17) is 0 Å². The Morgan fingerprint density at radius 3 is 2.26 bits per heavy atom. The Bertz CT molecular complexity index is 808. The molecule has 1 aromatic carbocycles. The molecular weight excluding hydrogens is 324 g/mol. The summed E-state index contributed by atoms with van der Waals surface area (Å²) in [7, 11) is 1.31. The van der Waals surface area contributed by atoms with Gasteiger partial charge in [0.2, 0.25) is 5.69 Å². The summed E-state index contributed by atoms with van der Waals surface area (Å²) in [5.74, 6) is -8.53. The van der Waals surface area contributed by atoms with Crippen molar-refractivity contribution in [3.8, 4) is 0 Å². The number of hydrogen-bond donors (Lipinski definition) is 1. The van der Waals surface area contributed by atoms with Crippen LogP contribution in [0, 0.1) is 40.3 Å². The van der Waals surface area contributed by atoms with Crippen LogP contribution in [-0.4, -0.2) is 20.6 Å². The molecule has 0 aliphatic carbocycles. The lowest BCUT2D eigenvalue weighted by atomic mass is 10.2. The third-order valence-corrected chi connectivity index (χ3v) is 3.05. The molecule has 11 heteroatoms. The molecular formula is C12H8F4N4O3. The lowest BCUT2D eigenvalue weighted by Crippen LogP contribution is -2.17. The fourth-order valence-electron chi connectivity index (χ4n) is 1.82. The van der Waals surface area contributed by atoms with Crippen LogP contribution in [0.25, 0.3) is 0 Å². The van der Waals surface area contributed by atoms with E-state index >= 15 is 0 Å². The molecule has 7 nitrogen and oxygen atoms in total. The van der Waals surface area contributed by atoms with Crippen molar-refractivity contribution in [2.45, 2.75) is 6.92 Å². The third-order valence-electron chi connectivity index (χ3n) is 3.05. The second-order valence-electron chi connectivity index (χ2n) is 4.46. The first-order chi connectivity index (χ1) is 10.6. The van der Waals surface area contributed by atoms with Crippen LogP contribution < -0.4 is 5.32 Å². The normalized spacial score (nSPS) is 10.7. The van der Waals surface area contributed by atoms with E-state index in [-0.39, 0.29) is 11.8 Å². The van der Waals surface area contributed by atoms with Gasteiger partial charge in [-0.3, -0.25) is 19.6 Å². The highest BCUT2D eigenvalue weighted by molar-refractivity contribution is 6.06. The number of amides is 1. The van der Waals surface area contributed by atoms with Crippen LogP contribution in [0.3, 0.4) is 0 Å². The lowest BCUT2D eigenvalue weighted by Gasteiger charge is -2.07. The van der Waals surface area contributed by atoms with Crippen molar-refractivity contribution in [3.05, 3.63) is 50.8 Å². The van der Waals surface area contributed by atoms with Crippen LogP contribution >= 0.6 is 0 Å². The quantitative estimate of drug-likeness (QED) is 0.404. The number of nitro groups is 1. The molecule has 0 atom stereocenters. The number of carbonyl (C=O) groups excluding carboxylic acids is 1. The maximum atomic E-state index is 13.5. The number of nitrogens with one attached hydrogen (secondary N) is 1. The molecule has 2 aromatic rings. The molecule has 122 valence electrons. The fraction of sp³-hybridized carbons (Fsp3) is 0.167. The largest absolute Gasteiger partial charge is 0.322 e. The average molecular weight is 332 g/mol. The van der Waals surface area contributed by atoms with Crippen molar-refractivity contribution in [1.82, 2.24) is 9.78 Å². The number of aromatic nitrogens is 2. The van der Waals surface area contributed by atoms with Crippen LogP contribution in [0.1, 0.15) is 16.2 Å². The molecule has 0 bridgehead atoms. The van der Waals surface area contributed by atoms with Gasteiger partial charge in [0.15, 0.2) is 23.3 Å². The summed E-state index contributed by atoms with van der Waals surface area (Å²) in [4.78, 5) is 22.0. The zero-order chi connectivity index (χ0) is 17.5. The first-order valence-electron chi connectivity index (χ1n) is 5.97. The number of benzene rings is 1. The summed E-state index contributed by atoms with van der Waals surface area (Å²) in [5, 5.41) is 16.1. The van der Waals surface area contributed by atoms with Gasteiger partial charge in [0, 0.05) is 13.1 Å². The van der Waals surface area contributed by atoms with Crippen molar-refractivity contribution in [2.75, 3.05) is 5.32 Å². The number of halogens is 4. The van der Waals surface area contributed by atoms with E-state index in [1.54, 1.807) is 5.32 Å². The zero-order valence-corrected chi connectivity index (χ0v) is 11.7. The Hall–Kier alpha value is -2.98. The molecule has 1 amide bonds. The standard InChI is InChI=1S/C12H8F4N4O3/c1-4-11(20(22)23)10(18-19(4)2)12(21)17-9-7(15)5(13)3-6(14)8(9)16/h3H,1-2H3,(H,17,21). The number of carbonyl (C=O) groups is 1. The molecule has 0 radical (unpaired) electrons. The van der Waals surface area contributed by atoms with Crippen molar-refractivity contribution in [2.24, 2.45) is 7.05 Å². The molecule has 1 aromatic heterocycles. The summed E-state index contributed by atoms with van der Waals surface area (Å²) in [5.41, 5.74) is -2.84. The minimum atomic E-state index is -1.84. The summed E-state index contributed by atoms with van der Waals surface area (Å²) in [6.07, 6.45) is 0. The lowest BCUT2D eigenvalue weighted by molar-refractivity contribution is -0.385. The predicted molar refractivity (Wildman–Crippen MR) is 68.8 cm³/mol. The van der Waals surface area contributed by atoms with Gasteiger partial charge in [-0.25, -0.2) is 17.6 Å². The highest BCUT2D eigenvalue weighted by Crippen LogP contribution is 2.27. The Morgan fingerprint density at radius 2 is 1.78 bits per heavy atom. The van der Waals surface area contributed by atoms with Gasteiger partial charge in [0.05, 0.1) is 4.92 Å². The van der Waals surface area contributed by atoms with Crippen molar-refractivity contribution >= 4 is 17.3 Å². The minimum Gasteiger partial charge on any atom is -0.315 e. The van der Waals surface area contributed by atoms with E-state index < -0.39 is 51.2 Å². The van der Waals surface area contributed by atoms with E-state index in [9.17, 15) is 32.5 Å². The number of rotatable bonds is 3. The van der Waals surface area contributed by atoms with Gasteiger partial charge in [0.25, 0.3) is 5.91 Å². The molecule has 23 heavy (non-hydrogen) atoms. The average Bonchev–Trinajstić information content (AvgIpc) is 2.77. The fourth-order valence-corrected chi connectivity index (χ4v) is 1.82. The molecule has 1 N–H and O–H groups in total. The molecule has 0 unspecified atom stereocenters. The monoisotopic (exact) mass is 332 g/mol. The highest BCUT2D eigenvalue weighted by atomic mass is 19.2. The summed E-state index contributed by atoms with van der Waals surface area (Å²) >= 11 is 0. The number of anilines is 1. The van der Waals surface area contributed by atoms with E-state index in [1.165, 1.54) is 14.0 Å². The van der Waals surface area contributed by atoms with Crippen molar-refractivity contribution in [1.29, 1.82) is 0 Å². The Kier molecular flexibility index (Phi) is 4.04. The first-order valence-corrected chi connectivity index (χ1v) is 5.97. The number of nitrogens with zero attached hydrogens (tertiary/aromatic N) is 3. The zero-order valence-electron chi connectivity index (χ0n) is 11.7. The molecule has 0 fully saturated rings. The predicted octanol–water partition coefficient (Wildman–Crippen LogP) is 2.45. The van der Waals surface area contributed by atoms with Crippen LogP contribution in [0.15, 0.2) is 6.07 Å². The summed E-state index contributed by atoms with van der Waals surface area (Å²) < 4.78 is 54.2. The summed E-state index contributed by atoms with van der Waals surface area (Å²) in [6, 6.07) is -0.0340. The first kappa shape index (κ1) is 16.4. The maximum Gasteiger partial charge on any atom is 0.322 e. The van der Waals surface area contributed by atoms with E-state index in [0.29, 0.717) is 0 Å². The molecule has 0 aliphatic rings. The molecule has 0 saturated heterocycles. The van der Waals surface area contributed by atoms with Crippen LogP contribution in [0.2, 0.25) is 0 Å². The van der Waals surface area contributed by atoms with E-state index in [1.807, 2.05) is 0 Å². The Labute approximate surface area is 125 Å². The highest BCUT2D eigenvalue weighted by Gasteiger charge is 2.31. The SMILES string of the molecule is Cc1c([N+](=O)[O-])c(C(=O)Nc2c(F)c(F)cc(F)c2F)nn1C. The van der Waals surface area contributed by atoms with Gasteiger partial charge >= 0.3 is 5.69 Å². The molecule has 1 heterocycles. The number of hydrogen-bond acceptors (Lipinski definition) is 4. The Balaban J connectivity index is 2.50. The third kappa shape index (κ3) is 2.72. The van der Waals surface area contributed by atoms with Crippen LogP contribution in [0.5, 0.6) is 0 Å². The van der Waals surface area contributed by atoms with Gasteiger partial charge in [-0.1, -0.05) is 0 Å². The van der Waals surface area contributed by atoms with Gasteiger partial charge in [-0.15, -0.1) is 0 Å². The van der Waals surface area contributed by atoms with Crippen molar-refractivity contribution < 1.29 is 27.3 Å². The van der Waals surface area contributed by atoms with Gasteiger partial charge in [-0.05, 0) is 6.92 Å². The van der Waals surface area contributed by atoms with Crippen LogP contribution in [0.4, 0.5) is 28.9 Å². The van der Waals surface area contributed by atoms with E-state index in [0.717, 1.165) is 4.68 Å². The molecule has 0 aliphatic heterocycles. The van der Waals surface area contributed by atoms with Crippen molar-refractivity contribution in [3.63, 3.8) is 0 Å². The topological polar surface area (TPSA) is 90.1 Å². The smallest absolute Gasteiger partial charge is 0.315 e. The Morgan fingerprint density at radius 1 is 1.26 bits per heavy atom. The molecule has 2 rings (SSSR count).